The van der Waals surface area contributed by atoms with Gasteiger partial charge in [0, 0.05) is 36.4 Å². The molecule has 14 heteroatoms. The van der Waals surface area contributed by atoms with E-state index in [1.807, 2.05) is 0 Å². The van der Waals surface area contributed by atoms with Crippen molar-refractivity contribution in [1.29, 1.82) is 0 Å². The minimum Gasteiger partial charge on any atom is -0.418 e. The number of benzene rings is 2. The fraction of sp³-hybridized carbons (Fsp3) is 0.250. The Morgan fingerprint density at radius 2 is 0.868 bits per heavy atom. The second-order valence-electron chi connectivity index (χ2n) is 8.74. The summed E-state index contributed by atoms with van der Waals surface area (Å²) in [7, 11) is -12.0. The van der Waals surface area contributed by atoms with Crippen LogP contribution in [0.25, 0.3) is 11.4 Å². The van der Waals surface area contributed by atoms with Crippen LogP contribution in [-0.2, 0) is 0 Å². The van der Waals surface area contributed by atoms with Gasteiger partial charge in [-0.15, -0.1) is 0 Å². The van der Waals surface area contributed by atoms with Gasteiger partial charge in [-0.3, -0.25) is 0 Å². The molecule has 5 rings (SSSR count). The molecule has 2 fully saturated rings. The van der Waals surface area contributed by atoms with Crippen LogP contribution in [0.4, 0.5) is 34.5 Å². The van der Waals surface area contributed by atoms with Gasteiger partial charge < -0.3 is 45.2 Å². The second kappa shape index (κ2) is 12.8. The van der Waals surface area contributed by atoms with Crippen molar-refractivity contribution in [3.63, 3.8) is 0 Å². The van der Waals surface area contributed by atoms with E-state index in [0.29, 0.717) is 24.2 Å². The molecule has 4 nitrogen and oxygen atoms in total. The number of rotatable bonds is 2. The molecule has 0 unspecified atom stereocenters. The van der Waals surface area contributed by atoms with Gasteiger partial charge in [0.05, 0.1) is 12.1 Å². The van der Waals surface area contributed by atoms with E-state index in [-0.39, 0.29) is 0 Å². The number of allylic oxidation sites excluding steroid dienone is 2. The molecule has 2 aliphatic carbocycles. The zero-order valence-electron chi connectivity index (χ0n) is 20.0. The van der Waals surface area contributed by atoms with E-state index in [2.05, 4.69) is 106 Å². The molecule has 0 spiro atoms. The number of nitrogens with one attached hydrogen (secondary N) is 4. The molecule has 0 amide bonds. The standard InChI is InChI=1S/C24H24N4.2BF4/c1-3-7-17(8-4-1)19-11-13-25-22-16-24(22)28-20(18-9-5-2-6-10-18)12-14-26-21-15-23(21)27-19;2*2-1(3,4)5/h1-14,21-24,27-28H,15-16H2;;/q;2*-1/p+2/b19-11+,20-12+,25-13?,26-14?;;/t21-,22+,23-,24+;;. The monoisotopic (exact) mass is 544 g/mol. The summed E-state index contributed by atoms with van der Waals surface area (Å²) in [5, 5.41) is 7.41. The molecule has 1 aliphatic heterocycles. The Morgan fingerprint density at radius 3 is 1.18 bits per heavy atom. The highest BCUT2D eigenvalue weighted by Crippen LogP contribution is 2.23. The van der Waals surface area contributed by atoms with Gasteiger partial charge in [0.1, 0.15) is 0 Å². The Labute approximate surface area is 214 Å². The first-order valence-electron chi connectivity index (χ1n) is 11.8. The summed E-state index contributed by atoms with van der Waals surface area (Å²) < 4.78 is 78.0. The summed E-state index contributed by atoms with van der Waals surface area (Å²) in [4.78, 5) is 7.11. The summed E-state index contributed by atoms with van der Waals surface area (Å²) in [5.41, 5.74) is 4.79. The van der Waals surface area contributed by atoms with Gasteiger partial charge in [0.2, 0.25) is 0 Å². The topological polar surface area (TPSA) is 52.0 Å². The lowest BCUT2D eigenvalue weighted by Crippen LogP contribution is -2.73. The van der Waals surface area contributed by atoms with Crippen LogP contribution < -0.4 is 20.6 Å². The van der Waals surface area contributed by atoms with Crippen LogP contribution in [0.2, 0.25) is 0 Å². The largest absolute Gasteiger partial charge is 0.673 e. The molecule has 2 aromatic rings. The molecule has 0 bridgehead atoms. The molecule has 0 radical (unpaired) electrons. The molecule has 1 heterocycles. The van der Waals surface area contributed by atoms with E-state index in [1.54, 1.807) is 0 Å². The lowest BCUT2D eigenvalue weighted by molar-refractivity contribution is -0.469. The van der Waals surface area contributed by atoms with Crippen LogP contribution in [0.1, 0.15) is 24.0 Å². The van der Waals surface area contributed by atoms with Crippen LogP contribution in [-0.4, -0.2) is 51.1 Å². The van der Waals surface area contributed by atoms with Crippen LogP contribution in [0, 0.1) is 0 Å². The summed E-state index contributed by atoms with van der Waals surface area (Å²) in [5.74, 6) is 0. The van der Waals surface area contributed by atoms with Crippen molar-refractivity contribution < 1.29 is 44.5 Å². The third-order valence-electron chi connectivity index (χ3n) is 5.55. The zero-order chi connectivity index (χ0) is 27.8. The first-order chi connectivity index (χ1) is 17.9. The predicted octanol–water partition coefficient (Wildman–Crippen LogP) is 2.45. The Bertz CT molecular complexity index is 1050. The minimum atomic E-state index is -6.00. The van der Waals surface area contributed by atoms with Crippen molar-refractivity contribution in [1.82, 2.24) is 10.6 Å². The lowest BCUT2D eigenvalue weighted by atomic mass is 10.1. The SMILES string of the molecule is C1=[NH+][C@H]2C[C@@H]2N/C(c2ccccc2)=C/C=[NH+][C@@H]2C[C@H]2N/C(c2ccccc2)=C/1.F[B-](F)(F)F.F[B-](F)(F)F. The van der Waals surface area contributed by atoms with Gasteiger partial charge in [-0.2, -0.15) is 0 Å². The van der Waals surface area contributed by atoms with E-state index in [1.165, 1.54) is 22.5 Å². The van der Waals surface area contributed by atoms with Crippen LogP contribution >= 0.6 is 0 Å². The van der Waals surface area contributed by atoms with Gasteiger partial charge in [0.15, 0.2) is 24.5 Å². The highest BCUT2D eigenvalue weighted by molar-refractivity contribution is 6.50. The lowest BCUT2D eigenvalue weighted by Gasteiger charge is -2.09. The van der Waals surface area contributed by atoms with Crippen molar-refractivity contribution in [2.75, 3.05) is 0 Å². The highest BCUT2D eigenvalue weighted by atomic mass is 19.5. The van der Waals surface area contributed by atoms with Crippen molar-refractivity contribution in [3.05, 3.63) is 83.9 Å². The first kappa shape index (κ1) is 29.0. The second-order valence-corrected chi connectivity index (χ2v) is 8.74. The molecule has 0 aromatic heterocycles. The average Bonchev–Trinajstić information content (AvgIpc) is 3.74. The Balaban J connectivity index is 0.000000344. The molecule has 2 saturated carbocycles. The van der Waals surface area contributed by atoms with Crippen LogP contribution in [0.5, 0.6) is 0 Å². The number of hydrogen-bond donors (Lipinski definition) is 4. The number of hydrogen-bond acceptors (Lipinski definition) is 2. The quantitative estimate of drug-likeness (QED) is 0.347. The third kappa shape index (κ3) is 11.7. The Hall–Kier alpha value is -3.57. The number of halogens is 8. The van der Waals surface area contributed by atoms with Crippen molar-refractivity contribution in [3.8, 4) is 0 Å². The molecule has 4 N–H and O–H groups in total. The van der Waals surface area contributed by atoms with Gasteiger partial charge in [-0.05, 0) is 11.1 Å². The van der Waals surface area contributed by atoms with E-state index in [9.17, 15) is 34.5 Å². The van der Waals surface area contributed by atoms with Gasteiger partial charge in [-0.25, -0.2) is 9.98 Å². The van der Waals surface area contributed by atoms with E-state index >= 15 is 0 Å². The molecule has 0 saturated heterocycles. The molecule has 38 heavy (non-hydrogen) atoms. The molecular weight excluding hydrogens is 518 g/mol. The maximum Gasteiger partial charge on any atom is 0.673 e. The maximum absolute atomic E-state index is 9.75. The zero-order valence-corrected chi connectivity index (χ0v) is 20.0. The van der Waals surface area contributed by atoms with Gasteiger partial charge >= 0.3 is 14.5 Å². The van der Waals surface area contributed by atoms with Crippen molar-refractivity contribution in [2.45, 2.75) is 37.0 Å². The molecular formula is C24H26B2F8N4. The molecule has 4 atom stereocenters. The smallest absolute Gasteiger partial charge is 0.418 e. The molecule has 3 aliphatic rings. The van der Waals surface area contributed by atoms with Crippen LogP contribution in [0.15, 0.2) is 72.8 Å². The predicted molar refractivity (Wildman–Crippen MR) is 134 cm³/mol. The van der Waals surface area contributed by atoms with Gasteiger partial charge in [-0.1, -0.05) is 60.7 Å². The summed E-state index contributed by atoms with van der Waals surface area (Å²) >= 11 is 0. The van der Waals surface area contributed by atoms with E-state index in [4.69, 9.17) is 0 Å². The third-order valence-corrected chi connectivity index (χ3v) is 5.55. The minimum absolute atomic E-state index is 0.453. The summed E-state index contributed by atoms with van der Waals surface area (Å²) in [6.45, 7) is 0. The highest BCUT2D eigenvalue weighted by Gasteiger charge is 2.44. The molecule has 204 valence electrons. The van der Waals surface area contributed by atoms with Gasteiger partial charge in [0.25, 0.3) is 0 Å². The summed E-state index contributed by atoms with van der Waals surface area (Å²) in [6.07, 6.45) is 10.8. The van der Waals surface area contributed by atoms with E-state index in [0.717, 1.165) is 12.8 Å². The van der Waals surface area contributed by atoms with Crippen molar-refractivity contribution >= 4 is 38.3 Å². The number of fused-ring (bicyclic) bond motifs is 2. The maximum atomic E-state index is 9.75. The van der Waals surface area contributed by atoms with E-state index < -0.39 is 14.5 Å². The Morgan fingerprint density at radius 1 is 0.553 bits per heavy atom. The summed E-state index contributed by atoms with van der Waals surface area (Å²) in [6, 6.07) is 22.9. The van der Waals surface area contributed by atoms with Crippen molar-refractivity contribution in [2.24, 2.45) is 0 Å². The average molecular weight is 544 g/mol. The fourth-order valence-corrected chi connectivity index (χ4v) is 3.68. The Kier molecular flexibility index (Phi) is 9.76. The molecule has 2 aromatic carbocycles. The fourth-order valence-electron chi connectivity index (χ4n) is 3.68. The first-order valence-corrected chi connectivity index (χ1v) is 11.8. The normalized spacial score (nSPS) is 26.8. The van der Waals surface area contributed by atoms with Crippen LogP contribution in [0.3, 0.4) is 0 Å².